The molecule has 1 fully saturated rings. The first kappa shape index (κ1) is 17.4. The molecule has 0 radical (unpaired) electrons. The van der Waals surface area contributed by atoms with Crippen LogP contribution in [-0.2, 0) is 16.1 Å². The predicted molar refractivity (Wildman–Crippen MR) is 99.3 cm³/mol. The van der Waals surface area contributed by atoms with Gasteiger partial charge in [0, 0.05) is 19.8 Å². The Balaban J connectivity index is 1.87. The number of carbonyl (C=O) groups is 3. The minimum Gasteiger partial charge on any atom is -0.378 e. The molecule has 1 saturated heterocycles. The lowest BCUT2D eigenvalue weighted by atomic mass is 10.1. The van der Waals surface area contributed by atoms with Gasteiger partial charge in [0.15, 0.2) is 0 Å². The first-order valence-corrected chi connectivity index (χ1v) is 8.16. The fourth-order valence-corrected chi connectivity index (χ4v) is 2.64. The molecule has 2 aromatic carbocycles. The van der Waals surface area contributed by atoms with E-state index in [1.54, 1.807) is 0 Å². The number of amides is 4. The summed E-state index contributed by atoms with van der Waals surface area (Å²) in [6, 6.07) is 15.9. The Labute approximate surface area is 151 Å². The van der Waals surface area contributed by atoms with Crippen molar-refractivity contribution in [2.75, 3.05) is 19.0 Å². The molecular weight excluding hydrogens is 330 g/mol. The van der Waals surface area contributed by atoms with Crippen molar-refractivity contribution in [1.82, 2.24) is 10.2 Å². The molecule has 26 heavy (non-hydrogen) atoms. The van der Waals surface area contributed by atoms with Crippen LogP contribution < -0.4 is 10.2 Å². The Morgan fingerprint density at radius 2 is 1.62 bits per heavy atom. The van der Waals surface area contributed by atoms with Crippen LogP contribution in [0, 0.1) is 0 Å². The highest BCUT2D eigenvalue weighted by atomic mass is 16.2. The maximum absolute atomic E-state index is 12.7. The molecule has 0 unspecified atom stereocenters. The molecule has 6 nitrogen and oxygen atoms in total. The average molecular weight is 349 g/mol. The zero-order valence-corrected chi connectivity index (χ0v) is 14.6. The van der Waals surface area contributed by atoms with Gasteiger partial charge >= 0.3 is 6.03 Å². The van der Waals surface area contributed by atoms with Crippen molar-refractivity contribution < 1.29 is 14.4 Å². The third-order valence-electron chi connectivity index (χ3n) is 4.09. The van der Waals surface area contributed by atoms with Gasteiger partial charge in [0.25, 0.3) is 11.8 Å². The molecule has 0 bridgehead atoms. The normalized spacial score (nSPS) is 16.0. The van der Waals surface area contributed by atoms with E-state index in [-0.39, 0.29) is 12.1 Å². The summed E-state index contributed by atoms with van der Waals surface area (Å²) in [7, 11) is 3.86. The van der Waals surface area contributed by atoms with Crippen molar-refractivity contribution in [3.05, 3.63) is 71.3 Å². The summed E-state index contributed by atoms with van der Waals surface area (Å²) < 4.78 is 0. The number of rotatable bonds is 4. The average Bonchev–Trinajstić information content (AvgIpc) is 2.63. The van der Waals surface area contributed by atoms with E-state index < -0.39 is 17.8 Å². The summed E-state index contributed by atoms with van der Waals surface area (Å²) in [5, 5.41) is 2.23. The number of barbiturate groups is 1. The molecule has 1 heterocycles. The van der Waals surface area contributed by atoms with Crippen molar-refractivity contribution in [3.8, 4) is 0 Å². The summed E-state index contributed by atoms with van der Waals surface area (Å²) in [6.07, 6.45) is 1.50. The smallest absolute Gasteiger partial charge is 0.331 e. The van der Waals surface area contributed by atoms with E-state index in [0.717, 1.165) is 16.2 Å². The highest BCUT2D eigenvalue weighted by Gasteiger charge is 2.35. The first-order valence-electron chi connectivity index (χ1n) is 8.16. The third-order valence-corrected chi connectivity index (χ3v) is 4.09. The molecule has 1 aliphatic heterocycles. The second-order valence-electron chi connectivity index (χ2n) is 6.18. The van der Waals surface area contributed by atoms with Crippen molar-refractivity contribution in [2.45, 2.75) is 6.54 Å². The van der Waals surface area contributed by atoms with Crippen LogP contribution in [0.25, 0.3) is 6.08 Å². The van der Waals surface area contributed by atoms with Crippen molar-refractivity contribution >= 4 is 29.6 Å². The summed E-state index contributed by atoms with van der Waals surface area (Å²) in [6.45, 7) is 0.107. The molecule has 0 spiro atoms. The number of imide groups is 2. The van der Waals surface area contributed by atoms with Gasteiger partial charge in [-0.15, -0.1) is 0 Å². The van der Waals surface area contributed by atoms with Crippen molar-refractivity contribution in [2.24, 2.45) is 0 Å². The van der Waals surface area contributed by atoms with Gasteiger partial charge in [-0.3, -0.25) is 19.8 Å². The van der Waals surface area contributed by atoms with E-state index in [4.69, 9.17) is 0 Å². The van der Waals surface area contributed by atoms with Gasteiger partial charge in [0.05, 0.1) is 6.54 Å². The van der Waals surface area contributed by atoms with Crippen LogP contribution >= 0.6 is 0 Å². The van der Waals surface area contributed by atoms with Gasteiger partial charge < -0.3 is 4.90 Å². The second kappa shape index (κ2) is 7.23. The zero-order valence-electron chi connectivity index (χ0n) is 14.6. The van der Waals surface area contributed by atoms with Gasteiger partial charge in [-0.1, -0.05) is 42.5 Å². The number of nitrogens with one attached hydrogen (secondary N) is 1. The maximum atomic E-state index is 12.7. The van der Waals surface area contributed by atoms with Crippen LogP contribution in [0.15, 0.2) is 60.2 Å². The monoisotopic (exact) mass is 349 g/mol. The molecule has 1 N–H and O–H groups in total. The van der Waals surface area contributed by atoms with E-state index >= 15 is 0 Å². The van der Waals surface area contributed by atoms with Gasteiger partial charge in [-0.2, -0.15) is 0 Å². The second-order valence-corrected chi connectivity index (χ2v) is 6.18. The predicted octanol–water partition coefficient (Wildman–Crippen LogP) is 2.41. The highest BCUT2D eigenvalue weighted by Crippen LogP contribution is 2.19. The first-order chi connectivity index (χ1) is 12.5. The maximum Gasteiger partial charge on any atom is 0.331 e. The van der Waals surface area contributed by atoms with Gasteiger partial charge in [0.2, 0.25) is 0 Å². The topological polar surface area (TPSA) is 69.7 Å². The molecule has 132 valence electrons. The Hall–Kier alpha value is -3.41. The Morgan fingerprint density at radius 3 is 2.23 bits per heavy atom. The zero-order chi connectivity index (χ0) is 18.7. The van der Waals surface area contributed by atoms with Gasteiger partial charge in [-0.05, 0) is 29.3 Å². The van der Waals surface area contributed by atoms with Crippen molar-refractivity contribution in [1.29, 1.82) is 0 Å². The van der Waals surface area contributed by atoms with E-state index in [9.17, 15) is 14.4 Å². The number of urea groups is 1. The summed E-state index contributed by atoms with van der Waals surface area (Å²) >= 11 is 0. The number of nitrogens with zero attached hydrogens (tertiary/aromatic N) is 2. The van der Waals surface area contributed by atoms with E-state index in [1.807, 2.05) is 73.6 Å². The molecule has 0 saturated carbocycles. The number of hydrogen-bond acceptors (Lipinski definition) is 4. The molecule has 0 atom stereocenters. The third kappa shape index (κ3) is 3.64. The number of carbonyl (C=O) groups excluding carboxylic acids is 3. The highest BCUT2D eigenvalue weighted by molar-refractivity contribution is 6.30. The van der Waals surface area contributed by atoms with Crippen molar-refractivity contribution in [3.63, 3.8) is 0 Å². The van der Waals surface area contributed by atoms with E-state index in [2.05, 4.69) is 5.32 Å². The summed E-state index contributed by atoms with van der Waals surface area (Å²) in [4.78, 5) is 39.9. The molecule has 6 heteroatoms. The quantitative estimate of drug-likeness (QED) is 0.680. The summed E-state index contributed by atoms with van der Waals surface area (Å²) in [5.74, 6) is -1.28. The Bertz CT molecular complexity index is 871. The molecule has 0 aromatic heterocycles. The minimum absolute atomic E-state index is 0.0573. The Kier molecular flexibility index (Phi) is 4.84. The lowest BCUT2D eigenvalue weighted by molar-refractivity contribution is -0.130. The SMILES string of the molecule is CN(C)c1ccc(/C=C2\C(=O)NC(=O)N(Cc3ccccc3)C2=O)cc1. The molecule has 2 aromatic rings. The van der Waals surface area contributed by atoms with Crippen LogP contribution in [0.2, 0.25) is 0 Å². The molecule has 3 rings (SSSR count). The van der Waals surface area contributed by atoms with Gasteiger partial charge in [0.1, 0.15) is 5.57 Å². The van der Waals surface area contributed by atoms with E-state index in [0.29, 0.717) is 5.56 Å². The lowest BCUT2D eigenvalue weighted by Crippen LogP contribution is -2.53. The van der Waals surface area contributed by atoms with Crippen LogP contribution in [0.3, 0.4) is 0 Å². The molecular formula is C20H19N3O3. The molecule has 4 amide bonds. The van der Waals surface area contributed by atoms with Crippen LogP contribution in [0.4, 0.5) is 10.5 Å². The standard InChI is InChI=1S/C20H19N3O3/c1-22(2)16-10-8-14(9-11-16)12-17-18(24)21-20(26)23(19(17)25)13-15-6-4-3-5-7-15/h3-12H,13H2,1-2H3,(H,21,24,26)/b17-12+. The molecule has 0 aliphatic carbocycles. The Morgan fingerprint density at radius 1 is 0.962 bits per heavy atom. The largest absolute Gasteiger partial charge is 0.378 e. The van der Waals surface area contributed by atoms with Crippen LogP contribution in [-0.4, -0.2) is 36.8 Å². The fraction of sp³-hybridized carbons (Fsp3) is 0.150. The number of benzene rings is 2. The lowest BCUT2D eigenvalue weighted by Gasteiger charge is -2.26. The summed E-state index contributed by atoms with van der Waals surface area (Å²) in [5.41, 5.74) is 2.47. The van der Waals surface area contributed by atoms with Crippen LogP contribution in [0.5, 0.6) is 0 Å². The number of anilines is 1. The van der Waals surface area contributed by atoms with E-state index in [1.165, 1.54) is 6.08 Å². The number of hydrogen-bond donors (Lipinski definition) is 1. The molecule has 1 aliphatic rings. The van der Waals surface area contributed by atoms with Gasteiger partial charge in [-0.25, -0.2) is 4.79 Å². The minimum atomic E-state index is -0.705. The van der Waals surface area contributed by atoms with Crippen LogP contribution in [0.1, 0.15) is 11.1 Å². The fourth-order valence-electron chi connectivity index (χ4n) is 2.64.